The van der Waals surface area contributed by atoms with Crippen LogP contribution >= 0.6 is 15.9 Å². The van der Waals surface area contributed by atoms with Crippen molar-refractivity contribution in [3.8, 4) is 11.3 Å². The van der Waals surface area contributed by atoms with E-state index in [9.17, 15) is 4.79 Å². The molecule has 5 heteroatoms. The van der Waals surface area contributed by atoms with Gasteiger partial charge in [-0.2, -0.15) is 0 Å². The molecule has 0 bridgehead atoms. The third kappa shape index (κ3) is 4.79. The van der Waals surface area contributed by atoms with E-state index in [1.165, 1.54) is 0 Å². The summed E-state index contributed by atoms with van der Waals surface area (Å²) in [6.07, 6.45) is 2.52. The molecule has 1 unspecified atom stereocenters. The van der Waals surface area contributed by atoms with E-state index in [4.69, 9.17) is 4.42 Å². The smallest absolute Gasteiger partial charge is 0.220 e. The first-order chi connectivity index (χ1) is 12.1. The minimum Gasteiger partial charge on any atom is -0.441 e. The second-order valence-corrected chi connectivity index (χ2v) is 6.74. The average Bonchev–Trinajstić information content (AvgIpc) is 3.10. The Morgan fingerprint density at radius 1 is 1.16 bits per heavy atom. The van der Waals surface area contributed by atoms with Gasteiger partial charge in [-0.15, -0.1) is 0 Å². The highest BCUT2D eigenvalue weighted by Gasteiger charge is 2.12. The summed E-state index contributed by atoms with van der Waals surface area (Å²) >= 11 is 3.41. The maximum atomic E-state index is 12.1. The molecule has 1 atom stereocenters. The molecule has 0 aliphatic heterocycles. The average molecular weight is 399 g/mol. The van der Waals surface area contributed by atoms with Crippen molar-refractivity contribution in [2.45, 2.75) is 25.8 Å². The summed E-state index contributed by atoms with van der Waals surface area (Å²) in [7, 11) is 0. The number of rotatable bonds is 6. The number of benzene rings is 2. The van der Waals surface area contributed by atoms with E-state index in [0.717, 1.165) is 15.6 Å². The number of nitrogens with one attached hydrogen (secondary N) is 1. The summed E-state index contributed by atoms with van der Waals surface area (Å²) in [6.45, 7) is 1.98. The summed E-state index contributed by atoms with van der Waals surface area (Å²) in [5, 5.41) is 3.00. The van der Waals surface area contributed by atoms with Gasteiger partial charge in [-0.3, -0.25) is 4.79 Å². The predicted molar refractivity (Wildman–Crippen MR) is 101 cm³/mol. The van der Waals surface area contributed by atoms with Crippen molar-refractivity contribution in [1.29, 1.82) is 0 Å². The van der Waals surface area contributed by atoms with Crippen LogP contribution in [0.5, 0.6) is 0 Å². The van der Waals surface area contributed by atoms with Gasteiger partial charge in [0.15, 0.2) is 11.7 Å². The van der Waals surface area contributed by atoms with Gasteiger partial charge < -0.3 is 9.73 Å². The Balaban J connectivity index is 1.53. The Morgan fingerprint density at radius 2 is 1.88 bits per heavy atom. The fourth-order valence-electron chi connectivity index (χ4n) is 2.53. The minimum absolute atomic E-state index is 0.0141. The zero-order chi connectivity index (χ0) is 17.6. The summed E-state index contributed by atoms with van der Waals surface area (Å²) in [6, 6.07) is 17.7. The number of halogens is 1. The number of hydrogen-bond acceptors (Lipinski definition) is 3. The summed E-state index contributed by atoms with van der Waals surface area (Å²) < 4.78 is 6.76. The van der Waals surface area contributed by atoms with Crippen molar-refractivity contribution in [3.63, 3.8) is 0 Å². The fraction of sp³-hybridized carbons (Fsp3) is 0.200. The quantitative estimate of drug-likeness (QED) is 0.641. The van der Waals surface area contributed by atoms with Crippen LogP contribution in [0.1, 0.15) is 30.8 Å². The van der Waals surface area contributed by atoms with Gasteiger partial charge in [0.05, 0.1) is 12.2 Å². The lowest BCUT2D eigenvalue weighted by Gasteiger charge is -2.13. The Hall–Kier alpha value is -2.40. The molecule has 0 spiro atoms. The first-order valence-corrected chi connectivity index (χ1v) is 8.96. The van der Waals surface area contributed by atoms with Crippen LogP contribution in [0.4, 0.5) is 0 Å². The van der Waals surface area contributed by atoms with Crippen LogP contribution in [0.2, 0.25) is 0 Å². The van der Waals surface area contributed by atoms with Crippen LogP contribution in [-0.4, -0.2) is 10.9 Å². The Kier molecular flexibility index (Phi) is 5.66. The van der Waals surface area contributed by atoms with Crippen LogP contribution in [0, 0.1) is 0 Å². The molecule has 25 heavy (non-hydrogen) atoms. The standard InChI is InChI=1S/C20H19BrN2O2/c1-14(15-5-3-2-4-6-15)23-19(24)11-12-20-22-13-18(25-20)16-7-9-17(21)10-8-16/h2-10,13-14H,11-12H2,1H3,(H,23,24). The summed E-state index contributed by atoms with van der Waals surface area (Å²) in [5.74, 6) is 1.26. The van der Waals surface area contributed by atoms with E-state index in [1.807, 2.05) is 61.5 Å². The Labute approximate surface area is 155 Å². The number of hydrogen-bond donors (Lipinski definition) is 1. The normalized spacial score (nSPS) is 11.9. The molecule has 0 saturated carbocycles. The molecule has 128 valence electrons. The van der Waals surface area contributed by atoms with Crippen LogP contribution in [0.25, 0.3) is 11.3 Å². The van der Waals surface area contributed by atoms with Gasteiger partial charge in [-0.1, -0.05) is 58.4 Å². The first-order valence-electron chi connectivity index (χ1n) is 8.17. The largest absolute Gasteiger partial charge is 0.441 e. The maximum Gasteiger partial charge on any atom is 0.220 e. The number of amides is 1. The van der Waals surface area contributed by atoms with Gasteiger partial charge in [0.1, 0.15) is 0 Å². The lowest BCUT2D eigenvalue weighted by atomic mass is 10.1. The number of carbonyl (C=O) groups excluding carboxylic acids is 1. The molecule has 0 aliphatic rings. The molecule has 0 fully saturated rings. The summed E-state index contributed by atoms with van der Waals surface area (Å²) in [4.78, 5) is 16.4. The molecular weight excluding hydrogens is 380 g/mol. The minimum atomic E-state index is -0.0170. The Bertz CT molecular complexity index is 828. The van der Waals surface area contributed by atoms with Crippen LogP contribution in [0.3, 0.4) is 0 Å². The summed E-state index contributed by atoms with van der Waals surface area (Å²) in [5.41, 5.74) is 2.05. The maximum absolute atomic E-state index is 12.1. The third-order valence-electron chi connectivity index (χ3n) is 3.93. The van der Waals surface area contributed by atoms with Crippen LogP contribution in [0.15, 0.2) is 69.7 Å². The van der Waals surface area contributed by atoms with Crippen LogP contribution in [-0.2, 0) is 11.2 Å². The van der Waals surface area contributed by atoms with E-state index >= 15 is 0 Å². The van der Waals surface area contributed by atoms with Gasteiger partial charge in [0.2, 0.25) is 5.91 Å². The first kappa shape index (κ1) is 17.4. The SMILES string of the molecule is CC(NC(=O)CCc1ncc(-c2ccc(Br)cc2)o1)c1ccccc1. The molecule has 0 saturated heterocycles. The molecule has 4 nitrogen and oxygen atoms in total. The third-order valence-corrected chi connectivity index (χ3v) is 4.45. The van der Waals surface area contributed by atoms with Gasteiger partial charge in [0, 0.05) is 22.9 Å². The highest BCUT2D eigenvalue weighted by atomic mass is 79.9. The number of carbonyl (C=O) groups is 1. The lowest BCUT2D eigenvalue weighted by Crippen LogP contribution is -2.26. The Morgan fingerprint density at radius 3 is 2.60 bits per heavy atom. The van der Waals surface area contributed by atoms with Gasteiger partial charge in [-0.25, -0.2) is 4.98 Å². The molecule has 1 amide bonds. The van der Waals surface area contributed by atoms with Crippen molar-refractivity contribution in [1.82, 2.24) is 10.3 Å². The zero-order valence-electron chi connectivity index (χ0n) is 13.9. The molecule has 0 aliphatic carbocycles. The van der Waals surface area contributed by atoms with Crippen molar-refractivity contribution in [2.75, 3.05) is 0 Å². The lowest BCUT2D eigenvalue weighted by molar-refractivity contribution is -0.121. The highest BCUT2D eigenvalue weighted by molar-refractivity contribution is 9.10. The second kappa shape index (κ2) is 8.12. The number of nitrogens with zero attached hydrogens (tertiary/aromatic N) is 1. The number of aromatic nitrogens is 1. The highest BCUT2D eigenvalue weighted by Crippen LogP contribution is 2.23. The topological polar surface area (TPSA) is 55.1 Å². The van der Waals surface area contributed by atoms with Crippen molar-refractivity contribution >= 4 is 21.8 Å². The number of oxazole rings is 1. The second-order valence-electron chi connectivity index (χ2n) is 5.83. The van der Waals surface area contributed by atoms with Gasteiger partial charge in [0.25, 0.3) is 0 Å². The van der Waals surface area contributed by atoms with E-state index < -0.39 is 0 Å². The van der Waals surface area contributed by atoms with E-state index in [2.05, 4.69) is 26.2 Å². The number of aryl methyl sites for hydroxylation is 1. The molecule has 2 aromatic carbocycles. The predicted octanol–water partition coefficient (Wildman–Crippen LogP) is 4.91. The zero-order valence-corrected chi connectivity index (χ0v) is 15.5. The van der Waals surface area contributed by atoms with Crippen molar-refractivity contribution in [3.05, 3.63) is 76.7 Å². The monoisotopic (exact) mass is 398 g/mol. The van der Waals surface area contributed by atoms with E-state index in [-0.39, 0.29) is 11.9 Å². The van der Waals surface area contributed by atoms with E-state index in [1.54, 1.807) is 6.20 Å². The molecular formula is C20H19BrN2O2. The van der Waals surface area contributed by atoms with Crippen molar-refractivity contribution in [2.24, 2.45) is 0 Å². The fourth-order valence-corrected chi connectivity index (χ4v) is 2.80. The molecule has 1 heterocycles. The molecule has 3 rings (SSSR count). The van der Waals surface area contributed by atoms with Crippen molar-refractivity contribution < 1.29 is 9.21 Å². The van der Waals surface area contributed by atoms with Crippen LogP contribution < -0.4 is 5.32 Å². The van der Waals surface area contributed by atoms with Gasteiger partial charge in [-0.05, 0) is 24.6 Å². The molecule has 1 aromatic heterocycles. The molecule has 3 aromatic rings. The molecule has 1 N–H and O–H groups in total. The van der Waals surface area contributed by atoms with E-state index in [0.29, 0.717) is 24.5 Å². The molecule has 0 radical (unpaired) electrons. The van der Waals surface area contributed by atoms with Gasteiger partial charge >= 0.3 is 0 Å².